The van der Waals surface area contributed by atoms with Crippen molar-refractivity contribution >= 4 is 17.9 Å². The van der Waals surface area contributed by atoms with E-state index in [0.29, 0.717) is 19.3 Å². The summed E-state index contributed by atoms with van der Waals surface area (Å²) in [5, 5.41) is 0. The van der Waals surface area contributed by atoms with E-state index in [1.807, 2.05) is 0 Å². The van der Waals surface area contributed by atoms with E-state index in [1.165, 1.54) is 186 Å². The minimum atomic E-state index is -0.796. The fourth-order valence-electron chi connectivity index (χ4n) is 9.88. The van der Waals surface area contributed by atoms with Crippen LogP contribution in [0.5, 0.6) is 0 Å². The molecule has 476 valence electrons. The third-order valence-corrected chi connectivity index (χ3v) is 15.2. The highest BCUT2D eigenvalue weighted by molar-refractivity contribution is 5.71. The minimum absolute atomic E-state index is 0.0887. The highest BCUT2D eigenvalue weighted by Gasteiger charge is 2.19. The van der Waals surface area contributed by atoms with Crippen molar-refractivity contribution in [2.45, 2.75) is 348 Å². The molecule has 0 saturated carbocycles. The van der Waals surface area contributed by atoms with Crippen molar-refractivity contribution in [1.82, 2.24) is 0 Å². The molecular weight excluding hydrogens is 1020 g/mol. The first-order valence-electron chi connectivity index (χ1n) is 35.4. The van der Waals surface area contributed by atoms with Gasteiger partial charge in [0, 0.05) is 19.3 Å². The third kappa shape index (κ3) is 68.7. The third-order valence-electron chi connectivity index (χ3n) is 15.2. The molecule has 1 atom stereocenters. The Morgan fingerprint density at radius 2 is 0.434 bits per heavy atom. The van der Waals surface area contributed by atoms with Crippen LogP contribution in [0.2, 0.25) is 0 Å². The molecule has 1 unspecified atom stereocenters. The largest absolute Gasteiger partial charge is 0.462 e. The molecule has 0 rings (SSSR count). The molecular formula is C77H132O6. The lowest BCUT2D eigenvalue weighted by molar-refractivity contribution is -0.167. The predicted octanol–water partition coefficient (Wildman–Crippen LogP) is 24.6. The number of allylic oxidation sites excluding steroid dienone is 18. The summed E-state index contributed by atoms with van der Waals surface area (Å²) in [6.07, 6.45) is 96.7. The molecule has 83 heavy (non-hydrogen) atoms. The van der Waals surface area contributed by atoms with Crippen molar-refractivity contribution in [3.05, 3.63) is 109 Å². The van der Waals surface area contributed by atoms with Crippen LogP contribution in [0.3, 0.4) is 0 Å². The second-order valence-electron chi connectivity index (χ2n) is 23.4. The quantitative estimate of drug-likeness (QED) is 0.0261. The van der Waals surface area contributed by atoms with E-state index in [9.17, 15) is 14.4 Å². The Hall–Kier alpha value is -3.93. The van der Waals surface area contributed by atoms with Gasteiger partial charge in [0.15, 0.2) is 6.10 Å². The topological polar surface area (TPSA) is 78.9 Å². The number of carbonyl (C=O) groups is 3. The van der Waals surface area contributed by atoms with Gasteiger partial charge in [-0.25, -0.2) is 0 Å². The van der Waals surface area contributed by atoms with Crippen LogP contribution in [0.4, 0.5) is 0 Å². The summed E-state index contributed by atoms with van der Waals surface area (Å²) in [4.78, 5) is 38.5. The first kappa shape index (κ1) is 79.1. The first-order chi connectivity index (χ1) is 41.0. The number of hydrogen-bond acceptors (Lipinski definition) is 6. The van der Waals surface area contributed by atoms with Crippen molar-refractivity contribution < 1.29 is 28.6 Å². The Morgan fingerprint density at radius 3 is 0.699 bits per heavy atom. The van der Waals surface area contributed by atoms with Gasteiger partial charge >= 0.3 is 17.9 Å². The summed E-state index contributed by atoms with van der Waals surface area (Å²) < 4.78 is 17.0. The van der Waals surface area contributed by atoms with Crippen molar-refractivity contribution in [2.24, 2.45) is 0 Å². The molecule has 0 saturated heterocycles. The molecule has 0 aliphatic rings. The van der Waals surface area contributed by atoms with E-state index in [2.05, 4.69) is 130 Å². The standard InChI is InChI=1S/C77H132O6/c1-4-7-10-13-16-19-22-25-28-31-34-35-36-37-38-39-40-41-44-46-49-52-55-58-61-64-67-70-76(79)82-73-74(83-77(80)71-68-65-62-59-56-53-50-47-43-33-30-27-24-21-18-15-12-9-6-3)72-81-75(78)69-66-63-60-57-54-51-48-45-42-32-29-26-23-20-17-14-11-8-5-2/h17-18,20-22,25-27,29-31,34,36-37,42-43,45,47,74H,4-16,19,23-24,28,32-33,35,38-41,44,46,48-73H2,1-3H3/b20-17-,21-18-,25-22-,29-26-,30-27-,34-31-,37-36-,45-42-,47-43-. The molecule has 0 fully saturated rings. The van der Waals surface area contributed by atoms with Crippen LogP contribution in [-0.4, -0.2) is 37.2 Å². The number of rotatable bonds is 64. The molecule has 6 heteroatoms. The normalized spacial score (nSPS) is 12.8. The number of unbranched alkanes of at least 4 members (excludes halogenated alkanes) is 35. The fourth-order valence-corrected chi connectivity index (χ4v) is 9.88. The van der Waals surface area contributed by atoms with Crippen molar-refractivity contribution in [1.29, 1.82) is 0 Å². The molecule has 0 aliphatic carbocycles. The molecule has 0 aromatic rings. The Bertz CT molecular complexity index is 1660. The summed E-state index contributed by atoms with van der Waals surface area (Å²) in [7, 11) is 0. The molecule has 0 heterocycles. The van der Waals surface area contributed by atoms with Gasteiger partial charge in [0.2, 0.25) is 0 Å². The number of ether oxygens (including phenoxy) is 3. The van der Waals surface area contributed by atoms with E-state index in [0.717, 1.165) is 116 Å². The van der Waals surface area contributed by atoms with E-state index < -0.39 is 6.10 Å². The van der Waals surface area contributed by atoms with Crippen LogP contribution in [0.15, 0.2) is 109 Å². The number of esters is 3. The Kier molecular flexibility index (Phi) is 67.2. The van der Waals surface area contributed by atoms with E-state index in [1.54, 1.807) is 0 Å². The number of hydrogen-bond donors (Lipinski definition) is 0. The van der Waals surface area contributed by atoms with Gasteiger partial charge in [0.25, 0.3) is 0 Å². The summed E-state index contributed by atoms with van der Waals surface area (Å²) in [5.74, 6) is -0.904. The summed E-state index contributed by atoms with van der Waals surface area (Å²) in [6.45, 7) is 6.58. The van der Waals surface area contributed by atoms with Crippen molar-refractivity contribution in [2.75, 3.05) is 13.2 Å². The zero-order valence-corrected chi connectivity index (χ0v) is 54.7. The van der Waals surface area contributed by atoms with Crippen LogP contribution in [0.1, 0.15) is 342 Å². The molecule has 0 bridgehead atoms. The fraction of sp³-hybridized carbons (Fsp3) is 0.727. The SMILES string of the molecule is CCCCC/C=C\C/C=C\C/C=C\CCCCCCCCC(=O)OCC(COC(=O)CCCCCCCCCCCCCC/C=C\C/C=C\C/C=C\CCCCCCC)OC(=O)CCCCCCCC/C=C\C/C=C\C/C=C\CCCCC. The van der Waals surface area contributed by atoms with Gasteiger partial charge < -0.3 is 14.2 Å². The van der Waals surface area contributed by atoms with Gasteiger partial charge in [-0.2, -0.15) is 0 Å². The molecule has 0 aromatic carbocycles. The monoisotopic (exact) mass is 1150 g/mol. The van der Waals surface area contributed by atoms with Crippen LogP contribution >= 0.6 is 0 Å². The molecule has 0 N–H and O–H groups in total. The molecule has 0 spiro atoms. The average molecular weight is 1150 g/mol. The van der Waals surface area contributed by atoms with Gasteiger partial charge in [-0.05, 0) is 135 Å². The highest BCUT2D eigenvalue weighted by atomic mass is 16.6. The smallest absolute Gasteiger partial charge is 0.306 e. The molecule has 6 nitrogen and oxygen atoms in total. The van der Waals surface area contributed by atoms with Gasteiger partial charge in [-0.3, -0.25) is 14.4 Å². The van der Waals surface area contributed by atoms with E-state index in [-0.39, 0.29) is 31.1 Å². The zero-order valence-electron chi connectivity index (χ0n) is 54.7. The van der Waals surface area contributed by atoms with Gasteiger partial charge in [-0.1, -0.05) is 297 Å². The first-order valence-corrected chi connectivity index (χ1v) is 35.4. The lowest BCUT2D eigenvalue weighted by Crippen LogP contribution is -2.30. The summed E-state index contributed by atoms with van der Waals surface area (Å²) >= 11 is 0. The molecule has 0 amide bonds. The molecule has 0 aromatic heterocycles. The summed E-state index contributed by atoms with van der Waals surface area (Å²) in [6, 6.07) is 0. The van der Waals surface area contributed by atoms with E-state index in [4.69, 9.17) is 14.2 Å². The van der Waals surface area contributed by atoms with Crippen LogP contribution in [0, 0.1) is 0 Å². The van der Waals surface area contributed by atoms with Gasteiger partial charge in [0.1, 0.15) is 13.2 Å². The molecule has 0 aliphatic heterocycles. The van der Waals surface area contributed by atoms with E-state index >= 15 is 0 Å². The second kappa shape index (κ2) is 70.6. The summed E-state index contributed by atoms with van der Waals surface area (Å²) in [5.41, 5.74) is 0. The zero-order chi connectivity index (χ0) is 59.9. The lowest BCUT2D eigenvalue weighted by atomic mass is 10.0. The maximum Gasteiger partial charge on any atom is 0.306 e. The van der Waals surface area contributed by atoms with Crippen molar-refractivity contribution in [3.63, 3.8) is 0 Å². The highest BCUT2D eigenvalue weighted by Crippen LogP contribution is 2.16. The van der Waals surface area contributed by atoms with Crippen LogP contribution < -0.4 is 0 Å². The number of carbonyl (C=O) groups excluding carboxylic acids is 3. The van der Waals surface area contributed by atoms with Gasteiger partial charge in [-0.15, -0.1) is 0 Å². The Balaban J connectivity index is 4.39. The predicted molar refractivity (Wildman–Crippen MR) is 362 cm³/mol. The lowest BCUT2D eigenvalue weighted by Gasteiger charge is -2.18. The maximum atomic E-state index is 13.0. The van der Waals surface area contributed by atoms with Crippen molar-refractivity contribution in [3.8, 4) is 0 Å². The maximum absolute atomic E-state index is 13.0. The van der Waals surface area contributed by atoms with Crippen LogP contribution in [-0.2, 0) is 28.6 Å². The minimum Gasteiger partial charge on any atom is -0.462 e. The Morgan fingerprint density at radius 1 is 0.241 bits per heavy atom. The Labute approximate surface area is 514 Å². The van der Waals surface area contributed by atoms with Crippen LogP contribution in [0.25, 0.3) is 0 Å². The molecule has 0 radical (unpaired) electrons. The second-order valence-corrected chi connectivity index (χ2v) is 23.4. The van der Waals surface area contributed by atoms with Gasteiger partial charge in [0.05, 0.1) is 0 Å². The average Bonchev–Trinajstić information content (AvgIpc) is 3.50.